The highest BCUT2D eigenvalue weighted by molar-refractivity contribution is 5.56. The minimum atomic E-state index is 0.689. The molecule has 0 aromatic carbocycles. The number of pyridine rings is 1. The first-order valence-electron chi connectivity index (χ1n) is 4.73. The molecule has 0 N–H and O–H groups in total. The van der Waals surface area contributed by atoms with E-state index in [0.717, 1.165) is 17.1 Å². The van der Waals surface area contributed by atoms with Crippen LogP contribution in [0, 0.1) is 0 Å². The van der Waals surface area contributed by atoms with Crippen molar-refractivity contribution in [2.24, 2.45) is 0 Å². The zero-order valence-electron chi connectivity index (χ0n) is 8.30. The Morgan fingerprint density at radius 1 is 1.27 bits per heavy atom. The van der Waals surface area contributed by atoms with Gasteiger partial charge in [0.25, 0.3) is 0 Å². The van der Waals surface area contributed by atoms with E-state index in [1.54, 1.807) is 24.7 Å². The molecule has 0 aliphatic heterocycles. The highest BCUT2D eigenvalue weighted by atomic mass is 14.9. The SMILES string of the molecule is C=CCc1nccc(-c2cccnc2)n1. The molecule has 2 aromatic heterocycles. The van der Waals surface area contributed by atoms with E-state index in [4.69, 9.17) is 0 Å². The van der Waals surface area contributed by atoms with Gasteiger partial charge in [0.2, 0.25) is 0 Å². The van der Waals surface area contributed by atoms with Gasteiger partial charge in [-0.15, -0.1) is 6.58 Å². The molecule has 0 atom stereocenters. The van der Waals surface area contributed by atoms with Crippen LogP contribution in [-0.2, 0) is 6.42 Å². The summed E-state index contributed by atoms with van der Waals surface area (Å²) in [6.45, 7) is 3.67. The Kier molecular flexibility index (Phi) is 2.83. The quantitative estimate of drug-likeness (QED) is 0.708. The number of allylic oxidation sites excluding steroid dienone is 1. The zero-order chi connectivity index (χ0) is 10.5. The van der Waals surface area contributed by atoms with E-state index in [0.29, 0.717) is 6.42 Å². The van der Waals surface area contributed by atoms with Gasteiger partial charge >= 0.3 is 0 Å². The molecule has 0 aliphatic rings. The average Bonchev–Trinajstić information content (AvgIpc) is 2.31. The smallest absolute Gasteiger partial charge is 0.132 e. The third-order valence-electron chi connectivity index (χ3n) is 1.99. The standard InChI is InChI=1S/C12H11N3/c1-2-4-12-14-8-6-11(15-12)10-5-3-7-13-9-10/h2-3,5-9H,1,4H2. The predicted octanol–water partition coefficient (Wildman–Crippen LogP) is 2.27. The second-order valence-corrected chi connectivity index (χ2v) is 3.09. The number of hydrogen-bond acceptors (Lipinski definition) is 3. The van der Waals surface area contributed by atoms with Crippen LogP contribution >= 0.6 is 0 Å². The summed E-state index contributed by atoms with van der Waals surface area (Å²) in [5.74, 6) is 0.784. The third-order valence-corrected chi connectivity index (χ3v) is 1.99. The Bertz CT molecular complexity index is 451. The molecule has 0 unspecified atom stereocenters. The van der Waals surface area contributed by atoms with Crippen molar-refractivity contribution < 1.29 is 0 Å². The molecule has 2 rings (SSSR count). The van der Waals surface area contributed by atoms with Gasteiger partial charge in [-0.05, 0) is 18.2 Å². The van der Waals surface area contributed by atoms with Crippen molar-refractivity contribution in [3.8, 4) is 11.3 Å². The molecule has 0 saturated heterocycles. The highest BCUT2D eigenvalue weighted by Crippen LogP contribution is 2.14. The predicted molar refractivity (Wildman–Crippen MR) is 59.2 cm³/mol. The van der Waals surface area contributed by atoms with E-state index in [1.165, 1.54) is 0 Å². The topological polar surface area (TPSA) is 38.7 Å². The fraction of sp³-hybridized carbons (Fsp3) is 0.0833. The van der Waals surface area contributed by atoms with Crippen LogP contribution in [-0.4, -0.2) is 15.0 Å². The van der Waals surface area contributed by atoms with Crippen molar-refractivity contribution in [2.75, 3.05) is 0 Å². The number of aromatic nitrogens is 3. The van der Waals surface area contributed by atoms with Crippen LogP contribution in [0.15, 0.2) is 49.4 Å². The van der Waals surface area contributed by atoms with Gasteiger partial charge in [0.05, 0.1) is 5.69 Å². The van der Waals surface area contributed by atoms with Crippen LogP contribution in [0.2, 0.25) is 0 Å². The molecule has 0 radical (unpaired) electrons. The van der Waals surface area contributed by atoms with Gasteiger partial charge in [0, 0.05) is 30.6 Å². The monoisotopic (exact) mass is 197 g/mol. The van der Waals surface area contributed by atoms with Crippen LogP contribution in [0.5, 0.6) is 0 Å². The zero-order valence-corrected chi connectivity index (χ0v) is 8.30. The van der Waals surface area contributed by atoms with E-state index >= 15 is 0 Å². The van der Waals surface area contributed by atoms with Gasteiger partial charge in [0.15, 0.2) is 0 Å². The molecule has 0 bridgehead atoms. The molecule has 74 valence electrons. The maximum atomic E-state index is 4.41. The van der Waals surface area contributed by atoms with E-state index in [1.807, 2.05) is 18.2 Å². The van der Waals surface area contributed by atoms with Gasteiger partial charge in [-0.3, -0.25) is 4.98 Å². The van der Waals surface area contributed by atoms with Crippen LogP contribution < -0.4 is 0 Å². The Labute approximate surface area is 88.6 Å². The van der Waals surface area contributed by atoms with Gasteiger partial charge in [0.1, 0.15) is 5.82 Å². The van der Waals surface area contributed by atoms with Gasteiger partial charge in [-0.2, -0.15) is 0 Å². The van der Waals surface area contributed by atoms with Crippen molar-refractivity contribution in [1.29, 1.82) is 0 Å². The van der Waals surface area contributed by atoms with Crippen LogP contribution in [0.25, 0.3) is 11.3 Å². The summed E-state index contributed by atoms with van der Waals surface area (Å²) in [4.78, 5) is 12.6. The van der Waals surface area contributed by atoms with Crippen LogP contribution in [0.1, 0.15) is 5.82 Å². The molecule has 2 heterocycles. The largest absolute Gasteiger partial charge is 0.264 e. The summed E-state index contributed by atoms with van der Waals surface area (Å²) in [6.07, 6.45) is 7.78. The lowest BCUT2D eigenvalue weighted by Crippen LogP contribution is -1.94. The second-order valence-electron chi connectivity index (χ2n) is 3.09. The van der Waals surface area contributed by atoms with Crippen molar-refractivity contribution >= 4 is 0 Å². The average molecular weight is 197 g/mol. The van der Waals surface area contributed by atoms with E-state index in [2.05, 4.69) is 21.5 Å². The highest BCUT2D eigenvalue weighted by Gasteiger charge is 2.00. The first-order valence-corrected chi connectivity index (χ1v) is 4.73. The Hall–Kier alpha value is -2.03. The van der Waals surface area contributed by atoms with E-state index in [-0.39, 0.29) is 0 Å². The fourth-order valence-corrected chi connectivity index (χ4v) is 1.30. The molecular weight excluding hydrogens is 186 g/mol. The molecule has 3 heteroatoms. The van der Waals surface area contributed by atoms with Crippen LogP contribution in [0.3, 0.4) is 0 Å². The second kappa shape index (κ2) is 4.46. The normalized spacial score (nSPS) is 9.87. The number of nitrogens with zero attached hydrogens (tertiary/aromatic N) is 3. The molecule has 15 heavy (non-hydrogen) atoms. The molecule has 0 fully saturated rings. The van der Waals surface area contributed by atoms with Crippen LogP contribution in [0.4, 0.5) is 0 Å². The first-order chi connectivity index (χ1) is 7.40. The first kappa shape index (κ1) is 9.52. The Morgan fingerprint density at radius 2 is 2.20 bits per heavy atom. The maximum absolute atomic E-state index is 4.41. The molecule has 0 aliphatic carbocycles. The minimum absolute atomic E-state index is 0.689. The van der Waals surface area contributed by atoms with Gasteiger partial charge < -0.3 is 0 Å². The van der Waals surface area contributed by atoms with Crippen molar-refractivity contribution in [3.63, 3.8) is 0 Å². The Morgan fingerprint density at radius 3 is 2.93 bits per heavy atom. The van der Waals surface area contributed by atoms with Gasteiger partial charge in [-0.1, -0.05) is 6.08 Å². The van der Waals surface area contributed by atoms with Crippen molar-refractivity contribution in [1.82, 2.24) is 15.0 Å². The summed E-state index contributed by atoms with van der Waals surface area (Å²) >= 11 is 0. The number of rotatable bonds is 3. The third kappa shape index (κ3) is 2.26. The lowest BCUT2D eigenvalue weighted by atomic mass is 10.2. The molecule has 0 saturated carbocycles. The van der Waals surface area contributed by atoms with Crippen molar-refractivity contribution in [3.05, 3.63) is 55.3 Å². The molecule has 3 nitrogen and oxygen atoms in total. The fourth-order valence-electron chi connectivity index (χ4n) is 1.30. The molecule has 0 spiro atoms. The summed E-state index contributed by atoms with van der Waals surface area (Å²) < 4.78 is 0. The molecule has 0 amide bonds. The summed E-state index contributed by atoms with van der Waals surface area (Å²) in [5.41, 5.74) is 1.90. The lowest BCUT2D eigenvalue weighted by molar-refractivity contribution is 0.994. The summed E-state index contributed by atoms with van der Waals surface area (Å²) in [6, 6.07) is 5.75. The molecule has 2 aromatic rings. The van der Waals surface area contributed by atoms with Crippen molar-refractivity contribution in [2.45, 2.75) is 6.42 Å². The van der Waals surface area contributed by atoms with E-state index in [9.17, 15) is 0 Å². The Balaban J connectivity index is 2.37. The minimum Gasteiger partial charge on any atom is -0.264 e. The summed E-state index contributed by atoms with van der Waals surface area (Å²) in [7, 11) is 0. The van der Waals surface area contributed by atoms with E-state index < -0.39 is 0 Å². The maximum Gasteiger partial charge on any atom is 0.132 e. The van der Waals surface area contributed by atoms with Gasteiger partial charge in [-0.25, -0.2) is 9.97 Å². The molecular formula is C12H11N3. The lowest BCUT2D eigenvalue weighted by Gasteiger charge is -2.01. The summed E-state index contributed by atoms with van der Waals surface area (Å²) in [5, 5.41) is 0. The number of hydrogen-bond donors (Lipinski definition) is 0.